The van der Waals surface area contributed by atoms with Gasteiger partial charge in [0.15, 0.2) is 5.65 Å². The molecule has 2 aliphatic rings. The Kier molecular flexibility index (Phi) is 7.30. The third-order valence-corrected chi connectivity index (χ3v) is 7.84. The molecular formula is C27H27ClF2N8O3. The van der Waals surface area contributed by atoms with Gasteiger partial charge >= 0.3 is 6.61 Å². The van der Waals surface area contributed by atoms with E-state index in [4.69, 9.17) is 16.3 Å². The van der Waals surface area contributed by atoms with E-state index >= 15 is 0 Å². The molecule has 6 rings (SSSR count). The number of nitrogens with zero attached hydrogens (tertiary/aromatic N) is 7. The Labute approximate surface area is 238 Å². The van der Waals surface area contributed by atoms with E-state index in [1.165, 1.54) is 46.0 Å². The second-order valence-electron chi connectivity index (χ2n) is 10.4. The van der Waals surface area contributed by atoms with E-state index in [0.717, 1.165) is 19.5 Å². The van der Waals surface area contributed by atoms with Crippen LogP contribution >= 0.6 is 11.6 Å². The second kappa shape index (κ2) is 11.1. The summed E-state index contributed by atoms with van der Waals surface area (Å²) in [5, 5.41) is 11.7. The largest absolute Gasteiger partial charge is 0.434 e. The number of hydrogen-bond acceptors (Lipinski definition) is 7. The molecule has 2 aliphatic heterocycles. The minimum Gasteiger partial charge on any atom is -0.434 e. The van der Waals surface area contributed by atoms with Crippen LogP contribution < -0.4 is 10.1 Å². The first-order chi connectivity index (χ1) is 19.7. The highest BCUT2D eigenvalue weighted by atomic mass is 35.5. The molecule has 0 unspecified atom stereocenters. The number of nitrogens with one attached hydrogen (secondary N) is 1. The summed E-state index contributed by atoms with van der Waals surface area (Å²) in [5.74, 6) is 0.0635. The lowest BCUT2D eigenvalue weighted by atomic mass is 9.89. The monoisotopic (exact) mass is 584 g/mol. The van der Waals surface area contributed by atoms with Crippen molar-refractivity contribution in [3.63, 3.8) is 0 Å². The molecule has 4 aromatic rings. The number of halogens is 3. The maximum Gasteiger partial charge on any atom is 0.387 e. The van der Waals surface area contributed by atoms with Crippen molar-refractivity contribution in [2.45, 2.75) is 19.6 Å². The Hall–Kier alpha value is -4.10. The number of likely N-dealkylation sites (tertiary alicyclic amines) is 2. The third kappa shape index (κ3) is 5.59. The van der Waals surface area contributed by atoms with Gasteiger partial charge in [0.25, 0.3) is 5.91 Å². The second-order valence-corrected chi connectivity index (χ2v) is 10.8. The van der Waals surface area contributed by atoms with Gasteiger partial charge in [-0.1, -0.05) is 11.6 Å². The molecule has 0 radical (unpaired) electrons. The van der Waals surface area contributed by atoms with Crippen LogP contribution in [0, 0.1) is 11.8 Å². The highest BCUT2D eigenvalue weighted by Gasteiger charge is 2.38. The summed E-state index contributed by atoms with van der Waals surface area (Å²) in [4.78, 5) is 35.0. The molecule has 2 amide bonds. The highest BCUT2D eigenvalue weighted by Crippen LogP contribution is 2.37. The van der Waals surface area contributed by atoms with Crippen molar-refractivity contribution < 1.29 is 23.1 Å². The maximum absolute atomic E-state index is 13.3. The van der Waals surface area contributed by atoms with Gasteiger partial charge in [-0.2, -0.15) is 19.0 Å². The van der Waals surface area contributed by atoms with Gasteiger partial charge in [-0.15, -0.1) is 0 Å². The van der Waals surface area contributed by atoms with Gasteiger partial charge in [0.05, 0.1) is 11.9 Å². The first-order valence-electron chi connectivity index (χ1n) is 13.1. The molecule has 11 nitrogen and oxygen atoms in total. The Morgan fingerprint density at radius 3 is 2.88 bits per heavy atom. The van der Waals surface area contributed by atoms with E-state index < -0.39 is 12.5 Å². The first kappa shape index (κ1) is 27.1. The maximum atomic E-state index is 13.3. The van der Waals surface area contributed by atoms with Gasteiger partial charge in [0, 0.05) is 48.8 Å². The molecule has 0 bridgehead atoms. The molecular weight excluding hydrogens is 558 g/mol. The lowest BCUT2D eigenvalue weighted by molar-refractivity contribution is -0.131. The van der Waals surface area contributed by atoms with Gasteiger partial charge in [0.1, 0.15) is 23.6 Å². The zero-order valence-electron chi connectivity index (χ0n) is 22.1. The van der Waals surface area contributed by atoms with Crippen molar-refractivity contribution in [1.29, 1.82) is 0 Å². The molecule has 5 heterocycles. The molecule has 3 aromatic heterocycles. The van der Waals surface area contributed by atoms with Crippen molar-refractivity contribution in [2.24, 2.45) is 11.8 Å². The van der Waals surface area contributed by atoms with E-state index in [0.29, 0.717) is 30.6 Å². The zero-order chi connectivity index (χ0) is 28.7. The predicted molar refractivity (Wildman–Crippen MR) is 146 cm³/mol. The fourth-order valence-electron chi connectivity index (χ4n) is 5.65. The number of rotatable bonds is 7. The van der Waals surface area contributed by atoms with Gasteiger partial charge in [0.2, 0.25) is 5.91 Å². The van der Waals surface area contributed by atoms with Gasteiger partial charge in [-0.25, -0.2) is 9.50 Å². The summed E-state index contributed by atoms with van der Waals surface area (Å²) in [6.07, 6.45) is 7.11. The number of ether oxygens (including phenoxy) is 1. The number of piperidine rings is 1. The summed E-state index contributed by atoms with van der Waals surface area (Å²) in [6, 6.07) is 5.81. The van der Waals surface area contributed by atoms with Crippen LogP contribution in [0.15, 0.2) is 49.1 Å². The lowest BCUT2D eigenvalue weighted by Crippen LogP contribution is -2.37. The van der Waals surface area contributed by atoms with E-state index in [-0.39, 0.29) is 45.7 Å². The number of alkyl halides is 2. The molecule has 214 valence electrons. The summed E-state index contributed by atoms with van der Waals surface area (Å²) < 4.78 is 34.1. The molecule has 2 fully saturated rings. The zero-order valence-corrected chi connectivity index (χ0v) is 22.8. The van der Waals surface area contributed by atoms with E-state index in [1.807, 2.05) is 4.90 Å². The molecule has 1 N–H and O–H groups in total. The van der Waals surface area contributed by atoms with E-state index in [2.05, 4.69) is 32.4 Å². The van der Waals surface area contributed by atoms with Crippen molar-refractivity contribution in [2.75, 3.05) is 38.5 Å². The fraction of sp³-hybridized carbons (Fsp3) is 0.370. The lowest BCUT2D eigenvalue weighted by Gasteiger charge is -2.31. The molecule has 1 aromatic carbocycles. The molecule has 2 atom stereocenters. The Morgan fingerprint density at radius 2 is 2.05 bits per heavy atom. The number of aromatic nitrogens is 5. The van der Waals surface area contributed by atoms with Gasteiger partial charge in [-0.05, 0) is 56.1 Å². The topological polar surface area (TPSA) is 110 Å². The quantitative estimate of drug-likeness (QED) is 0.354. The minimum absolute atomic E-state index is 0.0952. The van der Waals surface area contributed by atoms with Crippen LogP contribution in [0.3, 0.4) is 0 Å². The predicted octanol–water partition coefficient (Wildman–Crippen LogP) is 3.51. The van der Waals surface area contributed by atoms with Gasteiger partial charge in [-0.3, -0.25) is 14.3 Å². The van der Waals surface area contributed by atoms with Crippen LogP contribution in [0.4, 0.5) is 14.5 Å². The summed E-state index contributed by atoms with van der Waals surface area (Å²) >= 11 is 6.21. The molecule has 0 saturated carbocycles. The number of hydrogen-bond donors (Lipinski definition) is 1. The molecule has 41 heavy (non-hydrogen) atoms. The van der Waals surface area contributed by atoms with E-state index in [9.17, 15) is 18.4 Å². The minimum atomic E-state index is -3.10. The van der Waals surface area contributed by atoms with Crippen LogP contribution in [0.2, 0.25) is 5.02 Å². The smallest absolute Gasteiger partial charge is 0.387 e. The van der Waals surface area contributed by atoms with Crippen molar-refractivity contribution in [3.8, 4) is 17.0 Å². The van der Waals surface area contributed by atoms with Crippen molar-refractivity contribution in [1.82, 2.24) is 34.2 Å². The fourth-order valence-corrected chi connectivity index (χ4v) is 5.82. The van der Waals surface area contributed by atoms with Crippen molar-refractivity contribution in [3.05, 3.63) is 59.6 Å². The number of amides is 2. The Balaban J connectivity index is 1.31. The summed E-state index contributed by atoms with van der Waals surface area (Å²) in [6.45, 7) is 0.142. The SMILES string of the molecule is CN1CC[C@H]2CN(C(=O)Cn3cc(NC(=O)c4cnn5cccnc45)c(-c4cc(Cl)ccc4OC(F)F)n3)C[C@H]2C1. The van der Waals surface area contributed by atoms with Crippen LogP contribution in [-0.2, 0) is 11.3 Å². The highest BCUT2D eigenvalue weighted by molar-refractivity contribution is 6.31. The third-order valence-electron chi connectivity index (χ3n) is 7.60. The average molecular weight is 585 g/mol. The standard InChI is InChI=1S/C27H27ClF2N8O3/c1-35-8-5-16-12-36(13-17(16)11-35)23(39)15-37-14-21(33-26(40)20-10-32-38-7-2-6-31-25(20)38)24(34-37)19-9-18(28)3-4-22(19)41-27(29)30/h2-4,6-7,9-10,14,16-17,27H,5,8,11-13,15H2,1H3,(H,33,40)/t16-,17+/m0/s1. The summed E-state index contributed by atoms with van der Waals surface area (Å²) in [5.41, 5.74) is 0.953. The Morgan fingerprint density at radius 1 is 1.22 bits per heavy atom. The molecule has 14 heteroatoms. The molecule has 2 saturated heterocycles. The van der Waals surface area contributed by atoms with Crippen LogP contribution in [-0.4, -0.2) is 85.8 Å². The number of benzene rings is 1. The van der Waals surface area contributed by atoms with E-state index in [1.54, 1.807) is 12.3 Å². The van der Waals surface area contributed by atoms with Crippen molar-refractivity contribution >= 4 is 34.7 Å². The average Bonchev–Trinajstić information content (AvgIpc) is 3.66. The number of carbonyl (C=O) groups excluding carboxylic acids is 2. The number of anilines is 1. The Bertz CT molecular complexity index is 1610. The molecule has 0 aliphatic carbocycles. The van der Waals surface area contributed by atoms with Crippen LogP contribution in [0.1, 0.15) is 16.8 Å². The molecule has 0 spiro atoms. The van der Waals surface area contributed by atoms with Crippen LogP contribution in [0.25, 0.3) is 16.9 Å². The van der Waals surface area contributed by atoms with Crippen LogP contribution in [0.5, 0.6) is 5.75 Å². The number of fused-ring (bicyclic) bond motifs is 2. The first-order valence-corrected chi connectivity index (χ1v) is 13.5. The number of carbonyl (C=O) groups is 2. The normalized spacial score (nSPS) is 19.1. The van der Waals surface area contributed by atoms with Gasteiger partial charge < -0.3 is 19.9 Å². The summed E-state index contributed by atoms with van der Waals surface area (Å²) in [7, 11) is 2.09.